The molecule has 0 saturated heterocycles. The van der Waals surface area contributed by atoms with Gasteiger partial charge < -0.3 is 0 Å². The summed E-state index contributed by atoms with van der Waals surface area (Å²) in [6.07, 6.45) is 0.984. The molecule has 0 radical (unpaired) electrons. The second-order valence-corrected chi connectivity index (χ2v) is 6.42. The van der Waals surface area contributed by atoms with Crippen LogP contribution in [0.1, 0.15) is 16.7 Å². The molecule has 2 aromatic carbocycles. The zero-order chi connectivity index (χ0) is 16.3. The zero-order valence-electron chi connectivity index (χ0n) is 12.0. The van der Waals surface area contributed by atoms with Crippen molar-refractivity contribution in [3.8, 4) is 0 Å². The molecule has 7 heteroatoms. The average Bonchev–Trinajstić information content (AvgIpc) is 2.44. The van der Waals surface area contributed by atoms with Gasteiger partial charge in [0.05, 0.1) is 11.1 Å². The monoisotopic (exact) mass is 324 g/mol. The lowest BCUT2D eigenvalue weighted by Crippen LogP contribution is -2.19. The van der Waals surface area contributed by atoms with E-state index < -0.39 is 21.7 Å². The van der Waals surface area contributed by atoms with Crippen molar-refractivity contribution in [2.45, 2.75) is 18.7 Å². The van der Waals surface area contributed by atoms with Crippen LogP contribution in [-0.2, 0) is 10.0 Å². The maximum absolute atomic E-state index is 13.4. The van der Waals surface area contributed by atoms with Gasteiger partial charge in [0.1, 0.15) is 11.6 Å². The fourth-order valence-corrected chi connectivity index (χ4v) is 2.94. The molecule has 0 saturated carbocycles. The molecule has 0 unspecified atom stereocenters. The van der Waals surface area contributed by atoms with Crippen molar-refractivity contribution in [3.63, 3.8) is 0 Å². The first-order valence-electron chi connectivity index (χ1n) is 6.37. The van der Waals surface area contributed by atoms with Crippen molar-refractivity contribution in [2.75, 3.05) is 0 Å². The molecule has 0 atom stereocenters. The lowest BCUT2D eigenvalue weighted by Gasteiger charge is -2.07. The number of aryl methyl sites for hydroxylation is 2. The van der Waals surface area contributed by atoms with Gasteiger partial charge in [0.25, 0.3) is 10.0 Å². The zero-order valence-corrected chi connectivity index (χ0v) is 12.8. The minimum Gasteiger partial charge on any atom is -0.207 e. The van der Waals surface area contributed by atoms with Gasteiger partial charge in [-0.1, -0.05) is 12.1 Å². The predicted octanol–water partition coefficient (Wildman–Crippen LogP) is 2.89. The first kappa shape index (κ1) is 16.1. The summed E-state index contributed by atoms with van der Waals surface area (Å²) < 4.78 is 50.5. The molecule has 0 fully saturated rings. The van der Waals surface area contributed by atoms with Crippen molar-refractivity contribution in [3.05, 3.63) is 64.7 Å². The Balaban J connectivity index is 2.22. The van der Waals surface area contributed by atoms with Crippen molar-refractivity contribution < 1.29 is 17.2 Å². The molecule has 4 nitrogen and oxygen atoms in total. The number of nitrogens with zero attached hydrogens (tertiary/aromatic N) is 1. The molecule has 0 amide bonds. The highest BCUT2D eigenvalue weighted by Gasteiger charge is 2.15. The van der Waals surface area contributed by atoms with Crippen LogP contribution in [0.5, 0.6) is 0 Å². The number of hydrazone groups is 1. The molecule has 0 aliphatic heterocycles. The summed E-state index contributed by atoms with van der Waals surface area (Å²) in [5.41, 5.74) is 1.34. The van der Waals surface area contributed by atoms with E-state index in [0.29, 0.717) is 11.6 Å². The van der Waals surface area contributed by atoms with E-state index >= 15 is 0 Å². The third kappa shape index (κ3) is 3.67. The minimum atomic E-state index is -3.85. The summed E-state index contributed by atoms with van der Waals surface area (Å²) in [5.74, 6) is -1.54. The summed E-state index contributed by atoms with van der Waals surface area (Å²) in [6, 6.07) is 7.93. The SMILES string of the molecule is Cc1ccc(C)c(S(=O)(=O)NN=Cc2ccc(F)cc2F)c1. The van der Waals surface area contributed by atoms with Crippen LogP contribution in [0.4, 0.5) is 8.78 Å². The number of rotatable bonds is 4. The number of hydrogen-bond donors (Lipinski definition) is 1. The fourth-order valence-electron chi connectivity index (χ4n) is 1.82. The molecule has 2 rings (SSSR count). The highest BCUT2D eigenvalue weighted by molar-refractivity contribution is 7.89. The van der Waals surface area contributed by atoms with Crippen LogP contribution >= 0.6 is 0 Å². The summed E-state index contributed by atoms with van der Waals surface area (Å²) >= 11 is 0. The Bertz CT molecular complexity index is 833. The first-order valence-corrected chi connectivity index (χ1v) is 7.85. The number of halogens is 2. The molecule has 0 aliphatic rings. The molecule has 0 heterocycles. The van der Waals surface area contributed by atoms with Crippen LogP contribution in [0.3, 0.4) is 0 Å². The molecule has 0 bridgehead atoms. The molecule has 116 valence electrons. The standard InChI is InChI=1S/C15H14F2N2O2S/c1-10-3-4-11(2)15(7-10)22(20,21)19-18-9-12-5-6-13(16)8-14(12)17/h3-9,19H,1-2H3. The number of benzene rings is 2. The quantitative estimate of drug-likeness (QED) is 0.694. The maximum Gasteiger partial charge on any atom is 0.276 e. The van der Waals surface area contributed by atoms with E-state index in [9.17, 15) is 17.2 Å². The average molecular weight is 324 g/mol. The van der Waals surface area contributed by atoms with E-state index in [0.717, 1.165) is 17.8 Å². The Morgan fingerprint density at radius 3 is 2.50 bits per heavy atom. The van der Waals surface area contributed by atoms with Crippen molar-refractivity contribution in [2.24, 2.45) is 5.10 Å². The number of hydrogen-bond acceptors (Lipinski definition) is 3. The largest absolute Gasteiger partial charge is 0.276 e. The van der Waals surface area contributed by atoms with Gasteiger partial charge in [-0.25, -0.2) is 13.6 Å². The third-order valence-corrected chi connectivity index (χ3v) is 4.34. The molecule has 22 heavy (non-hydrogen) atoms. The highest BCUT2D eigenvalue weighted by Crippen LogP contribution is 2.16. The Kier molecular flexibility index (Phi) is 4.56. The van der Waals surface area contributed by atoms with Gasteiger partial charge in [0.2, 0.25) is 0 Å². The summed E-state index contributed by atoms with van der Waals surface area (Å²) in [6.45, 7) is 3.44. The van der Waals surface area contributed by atoms with E-state index in [1.807, 2.05) is 4.83 Å². The number of nitrogens with one attached hydrogen (secondary N) is 1. The van der Waals surface area contributed by atoms with E-state index in [1.54, 1.807) is 26.0 Å². The number of sulfonamides is 1. The van der Waals surface area contributed by atoms with Gasteiger partial charge >= 0.3 is 0 Å². The van der Waals surface area contributed by atoms with E-state index in [4.69, 9.17) is 0 Å². The Morgan fingerprint density at radius 2 is 1.82 bits per heavy atom. The van der Waals surface area contributed by atoms with Crippen LogP contribution in [0, 0.1) is 25.5 Å². The minimum absolute atomic E-state index is 0.0231. The molecule has 2 aromatic rings. The Hall–Kier alpha value is -2.28. The van der Waals surface area contributed by atoms with Gasteiger partial charge in [-0.2, -0.15) is 13.5 Å². The molecular weight excluding hydrogens is 310 g/mol. The van der Waals surface area contributed by atoms with Crippen LogP contribution in [0.2, 0.25) is 0 Å². The second-order valence-electron chi connectivity index (χ2n) is 4.79. The van der Waals surface area contributed by atoms with Gasteiger partial charge in [-0.15, -0.1) is 0 Å². The van der Waals surface area contributed by atoms with Gasteiger partial charge in [0, 0.05) is 11.6 Å². The normalized spacial score (nSPS) is 11.8. The van der Waals surface area contributed by atoms with E-state index in [1.165, 1.54) is 12.1 Å². The smallest absolute Gasteiger partial charge is 0.207 e. The van der Waals surface area contributed by atoms with Crippen molar-refractivity contribution >= 4 is 16.2 Å². The van der Waals surface area contributed by atoms with Crippen LogP contribution in [-0.4, -0.2) is 14.6 Å². The van der Waals surface area contributed by atoms with Gasteiger partial charge in [0.15, 0.2) is 0 Å². The highest BCUT2D eigenvalue weighted by atomic mass is 32.2. The molecule has 0 aromatic heterocycles. The van der Waals surface area contributed by atoms with E-state index in [-0.39, 0.29) is 10.5 Å². The first-order chi connectivity index (χ1) is 10.3. The predicted molar refractivity (Wildman–Crippen MR) is 80.2 cm³/mol. The van der Waals surface area contributed by atoms with E-state index in [2.05, 4.69) is 5.10 Å². The summed E-state index contributed by atoms with van der Waals surface area (Å²) in [4.78, 5) is 2.12. The Labute approximate surface area is 127 Å². The van der Waals surface area contributed by atoms with Crippen LogP contribution < -0.4 is 4.83 Å². The topological polar surface area (TPSA) is 58.5 Å². The molecular formula is C15H14F2N2O2S. The fraction of sp³-hybridized carbons (Fsp3) is 0.133. The lowest BCUT2D eigenvalue weighted by molar-refractivity contribution is 0.580. The molecule has 0 aliphatic carbocycles. The van der Waals surface area contributed by atoms with Crippen molar-refractivity contribution in [1.82, 2.24) is 4.83 Å². The Morgan fingerprint density at radius 1 is 1.09 bits per heavy atom. The summed E-state index contributed by atoms with van der Waals surface area (Å²) in [5, 5.41) is 3.53. The van der Waals surface area contributed by atoms with Crippen LogP contribution in [0.15, 0.2) is 46.4 Å². The summed E-state index contributed by atoms with van der Waals surface area (Å²) in [7, 11) is -3.85. The third-order valence-electron chi connectivity index (χ3n) is 2.97. The second kappa shape index (κ2) is 6.23. The lowest BCUT2D eigenvalue weighted by atomic mass is 10.2. The molecule has 1 N–H and O–H groups in total. The van der Waals surface area contributed by atoms with Gasteiger partial charge in [-0.05, 0) is 43.2 Å². The maximum atomic E-state index is 13.4. The van der Waals surface area contributed by atoms with Crippen LogP contribution in [0.25, 0.3) is 0 Å². The van der Waals surface area contributed by atoms with Crippen molar-refractivity contribution in [1.29, 1.82) is 0 Å². The van der Waals surface area contributed by atoms with Gasteiger partial charge in [-0.3, -0.25) is 0 Å². The molecule has 0 spiro atoms.